The van der Waals surface area contributed by atoms with Crippen LogP contribution in [-0.2, 0) is 23.9 Å². The van der Waals surface area contributed by atoms with E-state index in [1.165, 1.54) is 14.2 Å². The van der Waals surface area contributed by atoms with Crippen LogP contribution in [0.2, 0.25) is 0 Å². The van der Waals surface area contributed by atoms with Crippen molar-refractivity contribution in [2.24, 2.45) is 10.8 Å². The van der Waals surface area contributed by atoms with Gasteiger partial charge in [-0.15, -0.1) is 0 Å². The van der Waals surface area contributed by atoms with E-state index in [0.29, 0.717) is 24.4 Å². The maximum Gasteiger partial charge on any atom is 0.322 e. The van der Waals surface area contributed by atoms with E-state index in [-0.39, 0.29) is 13.1 Å². The number of pyridine rings is 2. The second-order valence-corrected chi connectivity index (χ2v) is 8.98. The molecule has 0 spiro atoms. The summed E-state index contributed by atoms with van der Waals surface area (Å²) in [5, 5.41) is 0. The zero-order valence-corrected chi connectivity index (χ0v) is 19.9. The van der Waals surface area contributed by atoms with Crippen LogP contribution in [0.15, 0.2) is 48.8 Å². The van der Waals surface area contributed by atoms with Crippen LogP contribution in [0.1, 0.15) is 36.8 Å². The number of methoxy groups -OCH3 is 2. The largest absolute Gasteiger partial charge is 0.468 e. The minimum atomic E-state index is -1.68. The summed E-state index contributed by atoms with van der Waals surface area (Å²) in [5.41, 5.74) is -2.23. The van der Waals surface area contributed by atoms with Crippen molar-refractivity contribution in [3.05, 3.63) is 60.2 Å². The maximum atomic E-state index is 14.6. The second-order valence-electron chi connectivity index (χ2n) is 8.98. The Morgan fingerprint density at radius 1 is 0.941 bits per heavy atom. The smallest absolute Gasteiger partial charge is 0.322 e. The molecule has 2 saturated heterocycles. The Balaban J connectivity index is 2.11. The number of carbonyl (C=O) groups excluding carboxylic acids is 3. The summed E-state index contributed by atoms with van der Waals surface area (Å²) in [4.78, 5) is 54.8. The minimum Gasteiger partial charge on any atom is -0.468 e. The fraction of sp³-hybridized carbons (Fsp3) is 0.480. The number of nitrogens with zero attached hydrogens (tertiary/aromatic N) is 4. The quantitative estimate of drug-likeness (QED) is 0.466. The van der Waals surface area contributed by atoms with Crippen molar-refractivity contribution in [2.75, 3.05) is 40.9 Å². The summed E-state index contributed by atoms with van der Waals surface area (Å²) >= 11 is 0. The van der Waals surface area contributed by atoms with Crippen molar-refractivity contribution in [1.29, 1.82) is 0 Å². The van der Waals surface area contributed by atoms with Crippen molar-refractivity contribution in [2.45, 2.75) is 25.4 Å². The number of ketones is 1. The Morgan fingerprint density at radius 2 is 1.41 bits per heavy atom. The number of rotatable bonds is 6. The fourth-order valence-electron chi connectivity index (χ4n) is 5.92. The molecule has 4 atom stereocenters. The lowest BCUT2D eigenvalue weighted by molar-refractivity contribution is -0.205. The molecule has 0 aliphatic carbocycles. The van der Waals surface area contributed by atoms with Crippen molar-refractivity contribution < 1.29 is 23.9 Å². The van der Waals surface area contributed by atoms with Crippen LogP contribution in [0.25, 0.3) is 0 Å². The Labute approximate surface area is 199 Å². The molecule has 2 aliphatic rings. The van der Waals surface area contributed by atoms with Crippen LogP contribution < -0.4 is 0 Å². The molecule has 4 heterocycles. The summed E-state index contributed by atoms with van der Waals surface area (Å²) in [6.07, 6.45) is 3.99. The molecule has 0 radical (unpaired) electrons. The third kappa shape index (κ3) is 3.33. The molecule has 0 saturated carbocycles. The molecule has 2 unspecified atom stereocenters. The first-order valence-corrected chi connectivity index (χ1v) is 11.4. The highest BCUT2D eigenvalue weighted by atomic mass is 16.5. The van der Waals surface area contributed by atoms with Gasteiger partial charge in [-0.05, 0) is 44.3 Å². The van der Waals surface area contributed by atoms with Gasteiger partial charge in [0.15, 0.2) is 16.6 Å². The first-order valence-electron chi connectivity index (χ1n) is 11.4. The van der Waals surface area contributed by atoms with E-state index in [1.54, 1.807) is 43.7 Å². The molecule has 0 aromatic carbocycles. The zero-order chi connectivity index (χ0) is 24.5. The molecular weight excluding hydrogens is 436 g/mol. The summed E-state index contributed by atoms with van der Waals surface area (Å²) in [6.45, 7) is 2.69. The van der Waals surface area contributed by atoms with Crippen molar-refractivity contribution in [1.82, 2.24) is 19.8 Å². The third-order valence-electron chi connectivity index (χ3n) is 6.96. The van der Waals surface area contributed by atoms with Gasteiger partial charge in [-0.3, -0.25) is 29.3 Å². The monoisotopic (exact) mass is 466 g/mol. The standard InChI is InChI=1S/C25H30N4O5/c1-5-14-29-19(17-10-6-8-12-26-17)24(22(31)33-3)15-28(2)16-25(21(24)30,23(32)34-4)20(29)18-11-7-9-13-27-18/h6-13,19-20H,5,14-16H2,1-4H3/t19-,20-,24?,25?/m0/s1. The molecule has 9 heteroatoms. The normalized spacial score (nSPS) is 29.5. The number of carbonyl (C=O) groups is 3. The number of likely N-dealkylation sites (tertiary alicyclic amines) is 2. The highest BCUT2D eigenvalue weighted by Crippen LogP contribution is 2.60. The van der Waals surface area contributed by atoms with Crippen LogP contribution in [0, 0.1) is 10.8 Å². The average molecular weight is 467 g/mol. The van der Waals surface area contributed by atoms with E-state index in [0.717, 1.165) is 0 Å². The van der Waals surface area contributed by atoms with Gasteiger partial charge < -0.3 is 14.4 Å². The van der Waals surface area contributed by atoms with Gasteiger partial charge in [0.05, 0.1) is 37.7 Å². The van der Waals surface area contributed by atoms with Gasteiger partial charge in [0.1, 0.15) is 0 Å². The number of ether oxygens (including phenoxy) is 2. The lowest BCUT2D eigenvalue weighted by Gasteiger charge is -2.61. The number of esters is 2. The predicted octanol–water partition coefficient (Wildman–Crippen LogP) is 1.82. The summed E-state index contributed by atoms with van der Waals surface area (Å²) in [6, 6.07) is 9.30. The summed E-state index contributed by atoms with van der Waals surface area (Å²) in [5.74, 6) is -1.88. The van der Waals surface area contributed by atoms with Gasteiger partial charge in [-0.2, -0.15) is 0 Å². The van der Waals surface area contributed by atoms with Gasteiger partial charge >= 0.3 is 11.9 Å². The lowest BCUT2D eigenvalue weighted by atomic mass is 9.54. The number of aromatic nitrogens is 2. The minimum absolute atomic E-state index is 0.0909. The highest BCUT2D eigenvalue weighted by Gasteiger charge is 2.75. The van der Waals surface area contributed by atoms with Gasteiger partial charge in [0, 0.05) is 25.5 Å². The third-order valence-corrected chi connectivity index (χ3v) is 6.96. The van der Waals surface area contributed by atoms with Crippen LogP contribution in [0.3, 0.4) is 0 Å². The first-order chi connectivity index (χ1) is 16.4. The van der Waals surface area contributed by atoms with Crippen molar-refractivity contribution in [3.8, 4) is 0 Å². The number of Topliss-reactive ketones (excluding diaryl/α,β-unsaturated/α-hetero) is 1. The van der Waals surface area contributed by atoms with E-state index in [4.69, 9.17) is 9.47 Å². The first kappa shape index (κ1) is 24.0. The molecule has 2 aromatic heterocycles. The van der Waals surface area contributed by atoms with Gasteiger partial charge in [-0.1, -0.05) is 19.1 Å². The molecule has 2 fully saturated rings. The number of hydrogen-bond acceptors (Lipinski definition) is 9. The van der Waals surface area contributed by atoms with E-state index >= 15 is 0 Å². The maximum absolute atomic E-state index is 14.6. The molecule has 2 bridgehead atoms. The second kappa shape index (κ2) is 9.23. The van der Waals surface area contributed by atoms with Gasteiger partial charge in [0.2, 0.25) is 0 Å². The Bertz CT molecular complexity index is 986. The molecule has 0 N–H and O–H groups in total. The number of fused-ring (bicyclic) bond motifs is 2. The highest BCUT2D eigenvalue weighted by molar-refractivity contribution is 6.17. The van der Waals surface area contributed by atoms with Crippen LogP contribution in [0.5, 0.6) is 0 Å². The van der Waals surface area contributed by atoms with Crippen LogP contribution >= 0.6 is 0 Å². The Morgan fingerprint density at radius 3 is 1.76 bits per heavy atom. The zero-order valence-electron chi connectivity index (χ0n) is 19.9. The van der Waals surface area contributed by atoms with Crippen LogP contribution in [0.4, 0.5) is 0 Å². The number of hydrogen-bond donors (Lipinski definition) is 0. The van der Waals surface area contributed by atoms with Crippen LogP contribution in [-0.4, -0.2) is 78.4 Å². The van der Waals surface area contributed by atoms with Crippen molar-refractivity contribution >= 4 is 17.7 Å². The number of piperidine rings is 2. The van der Waals surface area contributed by atoms with E-state index in [9.17, 15) is 14.4 Å². The summed E-state index contributed by atoms with van der Waals surface area (Å²) in [7, 11) is 4.33. The molecule has 180 valence electrons. The Hall–Kier alpha value is -3.17. The van der Waals surface area contributed by atoms with E-state index < -0.39 is 40.6 Å². The molecule has 2 aromatic rings. The predicted molar refractivity (Wildman–Crippen MR) is 122 cm³/mol. The molecular formula is C25H30N4O5. The van der Waals surface area contributed by atoms with E-state index in [1.807, 2.05) is 28.9 Å². The SMILES string of the molecule is CCCN1[C@@H](c2ccccn2)C2(C(=O)OC)CN(C)CC(C(=O)OC)(C2=O)[C@@H]1c1ccccn1. The van der Waals surface area contributed by atoms with Gasteiger partial charge in [-0.25, -0.2) is 0 Å². The molecule has 2 aliphatic heterocycles. The summed E-state index contributed by atoms with van der Waals surface area (Å²) < 4.78 is 10.5. The van der Waals surface area contributed by atoms with Crippen molar-refractivity contribution in [3.63, 3.8) is 0 Å². The molecule has 9 nitrogen and oxygen atoms in total. The molecule has 0 amide bonds. The average Bonchev–Trinajstić information content (AvgIpc) is 2.86. The lowest BCUT2D eigenvalue weighted by Crippen LogP contribution is -2.75. The molecule has 4 rings (SSSR count). The van der Waals surface area contributed by atoms with Gasteiger partial charge in [0.25, 0.3) is 0 Å². The molecule has 34 heavy (non-hydrogen) atoms. The Kier molecular flexibility index (Phi) is 6.51. The topological polar surface area (TPSA) is 102 Å². The fourth-order valence-corrected chi connectivity index (χ4v) is 5.92. The van der Waals surface area contributed by atoms with E-state index in [2.05, 4.69) is 9.97 Å².